The number of amides is 3. The summed E-state index contributed by atoms with van der Waals surface area (Å²) in [5, 5.41) is 2.80. The SMILES string of the molecule is Cc1cc(C)cc(OCCN2C(=O)N[C@@](C)(c3cccc(Br)c3)C2=O)c1. The van der Waals surface area contributed by atoms with Crippen molar-refractivity contribution in [2.24, 2.45) is 0 Å². The van der Waals surface area contributed by atoms with Gasteiger partial charge in [0.15, 0.2) is 0 Å². The van der Waals surface area contributed by atoms with Crippen molar-refractivity contribution in [1.29, 1.82) is 0 Å². The van der Waals surface area contributed by atoms with E-state index in [1.54, 1.807) is 6.92 Å². The van der Waals surface area contributed by atoms with Crippen molar-refractivity contribution in [3.05, 3.63) is 63.6 Å². The number of imide groups is 1. The Bertz CT molecular complexity index is 848. The summed E-state index contributed by atoms with van der Waals surface area (Å²) in [4.78, 5) is 26.4. The smallest absolute Gasteiger partial charge is 0.325 e. The largest absolute Gasteiger partial charge is 0.492 e. The zero-order valence-electron chi connectivity index (χ0n) is 15.0. The van der Waals surface area contributed by atoms with Crippen LogP contribution in [0.2, 0.25) is 0 Å². The molecule has 1 aliphatic heterocycles. The Morgan fingerprint density at radius 1 is 1.12 bits per heavy atom. The van der Waals surface area contributed by atoms with E-state index in [1.165, 1.54) is 4.90 Å². The summed E-state index contributed by atoms with van der Waals surface area (Å²) in [5.74, 6) is 0.467. The molecule has 1 saturated heterocycles. The number of nitrogens with one attached hydrogen (secondary N) is 1. The maximum Gasteiger partial charge on any atom is 0.325 e. The van der Waals surface area contributed by atoms with Crippen LogP contribution in [0, 0.1) is 13.8 Å². The molecule has 26 heavy (non-hydrogen) atoms. The van der Waals surface area contributed by atoms with Gasteiger partial charge in [-0.2, -0.15) is 0 Å². The summed E-state index contributed by atoms with van der Waals surface area (Å²) in [5.41, 5.74) is 1.89. The van der Waals surface area contributed by atoms with Crippen molar-refractivity contribution in [2.45, 2.75) is 26.3 Å². The second-order valence-corrected chi connectivity index (χ2v) is 7.61. The highest BCUT2D eigenvalue weighted by Crippen LogP contribution is 2.30. The van der Waals surface area contributed by atoms with Crippen LogP contribution in [0.4, 0.5) is 4.79 Å². The molecule has 1 atom stereocenters. The van der Waals surface area contributed by atoms with Gasteiger partial charge in [-0.15, -0.1) is 0 Å². The third-order valence-electron chi connectivity index (χ3n) is 4.46. The Balaban J connectivity index is 1.69. The van der Waals surface area contributed by atoms with Crippen LogP contribution in [0.15, 0.2) is 46.9 Å². The lowest BCUT2D eigenvalue weighted by atomic mass is 9.92. The molecule has 5 nitrogen and oxygen atoms in total. The van der Waals surface area contributed by atoms with E-state index in [0.717, 1.165) is 26.9 Å². The average Bonchev–Trinajstić information content (AvgIpc) is 2.78. The van der Waals surface area contributed by atoms with Crippen molar-refractivity contribution in [3.8, 4) is 5.75 Å². The molecular formula is C20H21BrN2O3. The number of aryl methyl sites for hydroxylation is 2. The number of urea groups is 1. The highest BCUT2D eigenvalue weighted by atomic mass is 79.9. The van der Waals surface area contributed by atoms with Crippen molar-refractivity contribution < 1.29 is 14.3 Å². The van der Waals surface area contributed by atoms with E-state index < -0.39 is 11.6 Å². The maximum absolute atomic E-state index is 12.9. The molecule has 2 aromatic rings. The molecule has 0 aliphatic carbocycles. The van der Waals surface area contributed by atoms with Gasteiger partial charge in [-0.25, -0.2) is 4.79 Å². The normalized spacial score (nSPS) is 19.6. The molecule has 6 heteroatoms. The molecule has 136 valence electrons. The number of carbonyl (C=O) groups is 2. The quantitative estimate of drug-likeness (QED) is 0.751. The number of halogens is 1. The third kappa shape index (κ3) is 3.60. The van der Waals surface area contributed by atoms with Gasteiger partial charge in [0, 0.05) is 4.47 Å². The Kier molecular flexibility index (Phi) is 5.05. The predicted octanol–water partition coefficient (Wildman–Crippen LogP) is 3.91. The van der Waals surface area contributed by atoms with Gasteiger partial charge in [-0.05, 0) is 61.7 Å². The van der Waals surface area contributed by atoms with E-state index in [4.69, 9.17) is 4.74 Å². The predicted molar refractivity (Wildman–Crippen MR) is 103 cm³/mol. The summed E-state index contributed by atoms with van der Waals surface area (Å²) in [6, 6.07) is 12.9. The van der Waals surface area contributed by atoms with Gasteiger partial charge in [-0.1, -0.05) is 34.1 Å². The van der Waals surface area contributed by atoms with Gasteiger partial charge in [-0.3, -0.25) is 9.69 Å². The van der Waals surface area contributed by atoms with Crippen molar-refractivity contribution in [2.75, 3.05) is 13.2 Å². The Morgan fingerprint density at radius 3 is 2.46 bits per heavy atom. The molecule has 0 bridgehead atoms. The van der Waals surface area contributed by atoms with Crippen LogP contribution in [0.1, 0.15) is 23.6 Å². The minimum absolute atomic E-state index is 0.196. The van der Waals surface area contributed by atoms with Gasteiger partial charge < -0.3 is 10.1 Å². The lowest BCUT2D eigenvalue weighted by Gasteiger charge is -2.22. The highest BCUT2D eigenvalue weighted by molar-refractivity contribution is 9.10. The maximum atomic E-state index is 12.9. The van der Waals surface area contributed by atoms with Crippen LogP contribution in [0.25, 0.3) is 0 Å². The third-order valence-corrected chi connectivity index (χ3v) is 4.95. The first-order chi connectivity index (χ1) is 12.3. The highest BCUT2D eigenvalue weighted by Gasteiger charge is 2.48. The van der Waals surface area contributed by atoms with Gasteiger partial charge in [0.2, 0.25) is 0 Å². The van der Waals surface area contributed by atoms with E-state index in [-0.39, 0.29) is 19.1 Å². The summed E-state index contributed by atoms with van der Waals surface area (Å²) in [6.07, 6.45) is 0. The van der Waals surface area contributed by atoms with Gasteiger partial charge >= 0.3 is 6.03 Å². The molecule has 0 aromatic heterocycles. The summed E-state index contributed by atoms with van der Waals surface area (Å²) < 4.78 is 6.59. The molecule has 0 radical (unpaired) electrons. The fraction of sp³-hybridized carbons (Fsp3) is 0.300. The zero-order valence-corrected chi connectivity index (χ0v) is 16.6. The number of nitrogens with zero attached hydrogens (tertiary/aromatic N) is 1. The van der Waals surface area contributed by atoms with Crippen LogP contribution >= 0.6 is 15.9 Å². The lowest BCUT2D eigenvalue weighted by molar-refractivity contribution is -0.131. The minimum Gasteiger partial charge on any atom is -0.492 e. The number of rotatable bonds is 5. The van der Waals surface area contributed by atoms with Crippen molar-refractivity contribution in [3.63, 3.8) is 0 Å². The number of benzene rings is 2. The number of hydrogen-bond acceptors (Lipinski definition) is 3. The molecule has 1 heterocycles. The molecule has 0 unspecified atom stereocenters. The fourth-order valence-corrected chi connectivity index (χ4v) is 3.57. The first kappa shape index (κ1) is 18.5. The van der Waals surface area contributed by atoms with E-state index >= 15 is 0 Å². The van der Waals surface area contributed by atoms with Crippen LogP contribution in [0.3, 0.4) is 0 Å². The molecule has 2 aromatic carbocycles. The number of hydrogen-bond donors (Lipinski definition) is 1. The molecule has 0 saturated carbocycles. The van der Waals surface area contributed by atoms with E-state index in [0.29, 0.717) is 0 Å². The van der Waals surface area contributed by atoms with Crippen LogP contribution in [0.5, 0.6) is 5.75 Å². The first-order valence-electron chi connectivity index (χ1n) is 8.41. The Morgan fingerprint density at radius 2 is 1.81 bits per heavy atom. The first-order valence-corrected chi connectivity index (χ1v) is 9.20. The molecule has 0 spiro atoms. The average molecular weight is 417 g/mol. The molecule has 1 N–H and O–H groups in total. The van der Waals surface area contributed by atoms with Gasteiger partial charge in [0.25, 0.3) is 5.91 Å². The number of carbonyl (C=O) groups excluding carboxylic acids is 2. The molecular weight excluding hydrogens is 396 g/mol. The molecule has 1 fully saturated rings. The molecule has 3 amide bonds. The standard InChI is InChI=1S/C20H21BrN2O3/c1-13-9-14(2)11-17(10-13)26-8-7-23-18(24)20(3,22-19(23)25)15-5-4-6-16(21)12-15/h4-6,9-12H,7-8H2,1-3H3,(H,22,25)/t20-/m0/s1. The summed E-state index contributed by atoms with van der Waals surface area (Å²) in [6.45, 7) is 6.17. The van der Waals surface area contributed by atoms with E-state index in [2.05, 4.69) is 27.3 Å². The fourth-order valence-electron chi connectivity index (χ4n) is 3.17. The zero-order chi connectivity index (χ0) is 18.9. The molecule has 1 aliphatic rings. The Labute approximate surface area is 161 Å². The summed E-state index contributed by atoms with van der Waals surface area (Å²) in [7, 11) is 0. The van der Waals surface area contributed by atoms with Gasteiger partial charge in [0.05, 0.1) is 6.54 Å². The monoisotopic (exact) mass is 416 g/mol. The minimum atomic E-state index is -1.07. The van der Waals surface area contributed by atoms with Crippen molar-refractivity contribution >= 4 is 27.9 Å². The van der Waals surface area contributed by atoms with Crippen LogP contribution in [-0.2, 0) is 10.3 Å². The van der Waals surface area contributed by atoms with E-state index in [9.17, 15) is 9.59 Å². The van der Waals surface area contributed by atoms with Crippen LogP contribution < -0.4 is 10.1 Å². The topological polar surface area (TPSA) is 58.6 Å². The summed E-state index contributed by atoms with van der Waals surface area (Å²) >= 11 is 3.41. The molecule has 3 rings (SSSR count). The number of ether oxygens (including phenoxy) is 1. The second kappa shape index (κ2) is 7.11. The lowest BCUT2D eigenvalue weighted by Crippen LogP contribution is -2.41. The van der Waals surface area contributed by atoms with Crippen molar-refractivity contribution in [1.82, 2.24) is 10.2 Å². The Hall–Kier alpha value is -2.34. The van der Waals surface area contributed by atoms with E-state index in [1.807, 2.05) is 50.2 Å². The second-order valence-electron chi connectivity index (χ2n) is 6.69. The van der Waals surface area contributed by atoms with Gasteiger partial charge in [0.1, 0.15) is 17.9 Å². The van der Waals surface area contributed by atoms with Crippen LogP contribution in [-0.4, -0.2) is 30.0 Å².